The van der Waals surface area contributed by atoms with Gasteiger partial charge in [0.25, 0.3) is 0 Å². The van der Waals surface area contributed by atoms with Crippen molar-refractivity contribution in [1.29, 1.82) is 0 Å². The summed E-state index contributed by atoms with van der Waals surface area (Å²) in [4.78, 5) is 8.38. The first-order chi connectivity index (χ1) is 10.8. The number of guanidine groups is 1. The van der Waals surface area contributed by atoms with Crippen molar-refractivity contribution in [3.05, 3.63) is 21.9 Å². The highest BCUT2D eigenvalue weighted by Crippen LogP contribution is 2.23. The van der Waals surface area contributed by atoms with E-state index in [2.05, 4.69) is 32.0 Å². The summed E-state index contributed by atoms with van der Waals surface area (Å²) in [5.74, 6) is 1.53. The summed E-state index contributed by atoms with van der Waals surface area (Å²) in [6, 6.07) is 2.27. The van der Waals surface area contributed by atoms with Crippen molar-refractivity contribution >= 4 is 17.3 Å². The molecule has 0 aliphatic carbocycles. The molecule has 1 fully saturated rings. The van der Waals surface area contributed by atoms with Crippen LogP contribution in [0.1, 0.15) is 16.9 Å². The van der Waals surface area contributed by atoms with Crippen molar-refractivity contribution in [2.24, 2.45) is 10.9 Å². The van der Waals surface area contributed by atoms with E-state index < -0.39 is 0 Å². The summed E-state index contributed by atoms with van der Waals surface area (Å²) < 4.78 is 5.40. The number of fused-ring (bicyclic) bond motifs is 1. The molecule has 5 nitrogen and oxygen atoms in total. The first kappa shape index (κ1) is 15.8. The zero-order chi connectivity index (χ0) is 15.2. The van der Waals surface area contributed by atoms with E-state index in [-0.39, 0.29) is 0 Å². The number of aliphatic imine (C=N–C) groups is 1. The Morgan fingerprint density at radius 2 is 2.45 bits per heavy atom. The third-order valence-corrected chi connectivity index (χ3v) is 5.44. The topological polar surface area (TPSA) is 48.9 Å². The van der Waals surface area contributed by atoms with Crippen LogP contribution in [-0.4, -0.2) is 57.3 Å². The van der Waals surface area contributed by atoms with Gasteiger partial charge >= 0.3 is 0 Å². The first-order valence-electron chi connectivity index (χ1n) is 8.15. The van der Waals surface area contributed by atoms with Gasteiger partial charge in [0.1, 0.15) is 0 Å². The monoisotopic (exact) mass is 322 g/mol. The van der Waals surface area contributed by atoms with Crippen molar-refractivity contribution in [3.63, 3.8) is 0 Å². The molecular weight excluding hydrogens is 296 g/mol. The maximum Gasteiger partial charge on any atom is 0.191 e. The molecule has 0 radical (unpaired) electrons. The van der Waals surface area contributed by atoms with Crippen LogP contribution in [0, 0.1) is 5.92 Å². The van der Waals surface area contributed by atoms with Crippen molar-refractivity contribution in [2.75, 3.05) is 46.4 Å². The SMILES string of the molecule is CN=C(NCCN1CCc2sccc2C1)NCC1CCOC1. The van der Waals surface area contributed by atoms with E-state index in [9.17, 15) is 0 Å². The van der Waals surface area contributed by atoms with Crippen molar-refractivity contribution < 1.29 is 4.74 Å². The van der Waals surface area contributed by atoms with Gasteiger partial charge in [-0.25, -0.2) is 0 Å². The number of rotatable bonds is 5. The molecule has 1 atom stereocenters. The molecule has 1 unspecified atom stereocenters. The Balaban J connectivity index is 1.35. The van der Waals surface area contributed by atoms with E-state index in [0.29, 0.717) is 5.92 Å². The first-order valence-corrected chi connectivity index (χ1v) is 9.03. The highest BCUT2D eigenvalue weighted by molar-refractivity contribution is 7.10. The quantitative estimate of drug-likeness (QED) is 0.634. The second kappa shape index (κ2) is 7.94. The lowest BCUT2D eigenvalue weighted by Gasteiger charge is -2.27. The molecule has 3 rings (SSSR count). The van der Waals surface area contributed by atoms with Crippen LogP contribution in [0.15, 0.2) is 16.4 Å². The number of nitrogens with one attached hydrogen (secondary N) is 2. The molecule has 0 saturated carbocycles. The van der Waals surface area contributed by atoms with Crippen LogP contribution in [0.5, 0.6) is 0 Å². The Morgan fingerprint density at radius 3 is 3.27 bits per heavy atom. The fourth-order valence-electron chi connectivity index (χ4n) is 3.04. The summed E-state index contributed by atoms with van der Waals surface area (Å²) in [5.41, 5.74) is 1.51. The molecule has 3 heterocycles. The predicted octanol–water partition coefficient (Wildman–Crippen LogP) is 1.31. The number of hydrogen-bond acceptors (Lipinski definition) is 4. The summed E-state index contributed by atoms with van der Waals surface area (Å²) in [7, 11) is 1.83. The normalized spacial score (nSPS) is 22.6. The Labute approximate surface area is 136 Å². The Bertz CT molecular complexity index is 496. The van der Waals surface area contributed by atoms with Crippen LogP contribution in [0.3, 0.4) is 0 Å². The summed E-state index contributed by atoms with van der Waals surface area (Å²) in [6.07, 6.45) is 2.35. The van der Waals surface area contributed by atoms with Gasteiger partial charge in [0, 0.05) is 57.2 Å². The lowest BCUT2D eigenvalue weighted by Crippen LogP contribution is -2.43. The second-order valence-corrected chi connectivity index (χ2v) is 7.01. The molecule has 1 aromatic rings. The van der Waals surface area contributed by atoms with E-state index in [0.717, 1.165) is 51.8 Å². The molecule has 0 bridgehead atoms. The predicted molar refractivity (Wildman–Crippen MR) is 91.6 cm³/mol. The number of hydrogen-bond donors (Lipinski definition) is 2. The average molecular weight is 322 g/mol. The van der Waals surface area contributed by atoms with Crippen LogP contribution in [-0.2, 0) is 17.7 Å². The van der Waals surface area contributed by atoms with Gasteiger partial charge in [-0.2, -0.15) is 0 Å². The van der Waals surface area contributed by atoms with Crippen LogP contribution in [0.25, 0.3) is 0 Å². The lowest BCUT2D eigenvalue weighted by atomic mass is 10.1. The molecule has 1 aromatic heterocycles. The smallest absolute Gasteiger partial charge is 0.191 e. The summed E-state index contributed by atoms with van der Waals surface area (Å²) in [6.45, 7) is 6.97. The standard InChI is InChI=1S/C16H26N4OS/c1-17-16(19-10-13-3-8-21-12-13)18-5-7-20-6-2-15-14(11-20)4-9-22-15/h4,9,13H,2-3,5-8,10-12H2,1H3,(H2,17,18,19). The summed E-state index contributed by atoms with van der Waals surface area (Å²) in [5, 5.41) is 9.03. The number of nitrogens with zero attached hydrogens (tertiary/aromatic N) is 2. The maximum atomic E-state index is 5.40. The number of ether oxygens (including phenoxy) is 1. The minimum Gasteiger partial charge on any atom is -0.381 e. The van der Waals surface area contributed by atoms with Gasteiger partial charge in [-0.3, -0.25) is 9.89 Å². The molecule has 2 N–H and O–H groups in total. The van der Waals surface area contributed by atoms with E-state index >= 15 is 0 Å². The van der Waals surface area contributed by atoms with Gasteiger partial charge in [-0.05, 0) is 29.9 Å². The largest absolute Gasteiger partial charge is 0.381 e. The van der Waals surface area contributed by atoms with Gasteiger partial charge in [-0.1, -0.05) is 0 Å². The Hall–Kier alpha value is -1.11. The molecule has 122 valence electrons. The summed E-state index contributed by atoms with van der Waals surface area (Å²) >= 11 is 1.90. The molecule has 0 amide bonds. The fourth-order valence-corrected chi connectivity index (χ4v) is 3.93. The lowest BCUT2D eigenvalue weighted by molar-refractivity contribution is 0.186. The van der Waals surface area contributed by atoms with Gasteiger partial charge in [0.2, 0.25) is 0 Å². The van der Waals surface area contributed by atoms with E-state index in [1.165, 1.54) is 18.5 Å². The highest BCUT2D eigenvalue weighted by Gasteiger charge is 2.17. The molecule has 0 spiro atoms. The molecule has 22 heavy (non-hydrogen) atoms. The minimum atomic E-state index is 0.623. The Morgan fingerprint density at radius 1 is 1.50 bits per heavy atom. The highest BCUT2D eigenvalue weighted by atomic mass is 32.1. The van der Waals surface area contributed by atoms with Gasteiger partial charge in [0.15, 0.2) is 5.96 Å². The third-order valence-electron chi connectivity index (χ3n) is 4.41. The van der Waals surface area contributed by atoms with Gasteiger partial charge < -0.3 is 15.4 Å². The third kappa shape index (κ3) is 4.21. The van der Waals surface area contributed by atoms with Gasteiger partial charge in [0.05, 0.1) is 6.61 Å². The van der Waals surface area contributed by atoms with E-state index in [4.69, 9.17) is 4.74 Å². The van der Waals surface area contributed by atoms with Crippen LogP contribution >= 0.6 is 11.3 Å². The Kier molecular flexibility index (Phi) is 5.70. The minimum absolute atomic E-state index is 0.623. The zero-order valence-corrected chi connectivity index (χ0v) is 14.1. The van der Waals surface area contributed by atoms with Crippen LogP contribution < -0.4 is 10.6 Å². The molecule has 0 aromatic carbocycles. The molecule has 2 aliphatic rings. The maximum absolute atomic E-state index is 5.40. The van der Waals surface area contributed by atoms with Crippen molar-refractivity contribution in [2.45, 2.75) is 19.4 Å². The van der Waals surface area contributed by atoms with Gasteiger partial charge in [-0.15, -0.1) is 11.3 Å². The average Bonchev–Trinajstić information content (AvgIpc) is 3.21. The zero-order valence-electron chi connectivity index (χ0n) is 13.3. The van der Waals surface area contributed by atoms with Crippen molar-refractivity contribution in [3.8, 4) is 0 Å². The number of thiophene rings is 1. The molecular formula is C16H26N4OS. The molecule has 1 saturated heterocycles. The second-order valence-electron chi connectivity index (χ2n) is 6.00. The van der Waals surface area contributed by atoms with Crippen LogP contribution in [0.4, 0.5) is 0 Å². The van der Waals surface area contributed by atoms with Crippen molar-refractivity contribution in [1.82, 2.24) is 15.5 Å². The molecule has 6 heteroatoms. The fraction of sp³-hybridized carbons (Fsp3) is 0.688. The van der Waals surface area contributed by atoms with E-state index in [1.54, 1.807) is 4.88 Å². The molecule has 2 aliphatic heterocycles. The van der Waals surface area contributed by atoms with E-state index in [1.807, 2.05) is 18.4 Å². The van der Waals surface area contributed by atoms with Crippen LogP contribution in [0.2, 0.25) is 0 Å².